The first-order valence-corrected chi connectivity index (χ1v) is 12.7. The average molecular weight is 568 g/mol. The van der Waals surface area contributed by atoms with E-state index in [2.05, 4.69) is 19.4 Å². The van der Waals surface area contributed by atoms with E-state index in [4.69, 9.17) is 33.7 Å². The third kappa shape index (κ3) is 5.94. The molecular weight excluding hydrogens is 553 g/mol. The molecule has 0 amide bonds. The van der Waals surface area contributed by atoms with Gasteiger partial charge in [0, 0.05) is 23.8 Å². The van der Waals surface area contributed by atoms with Gasteiger partial charge in [0.15, 0.2) is 11.1 Å². The molecule has 5 rings (SSSR count). The van der Waals surface area contributed by atoms with Gasteiger partial charge < -0.3 is 15.2 Å². The first-order valence-electron chi connectivity index (χ1n) is 10.4. The molecule has 0 saturated heterocycles. The van der Waals surface area contributed by atoms with Crippen molar-refractivity contribution < 1.29 is 0 Å². The maximum absolute atomic E-state index is 11.4. The molecule has 0 bridgehead atoms. The van der Waals surface area contributed by atoms with Crippen LogP contribution in [0.25, 0.3) is 5.69 Å². The van der Waals surface area contributed by atoms with Crippen LogP contribution in [0.2, 0.25) is 10.0 Å². The second-order valence-electron chi connectivity index (χ2n) is 7.19. The number of nitrogens with zero attached hydrogens (tertiary/aromatic N) is 3. The van der Waals surface area contributed by atoms with Crippen molar-refractivity contribution in [1.82, 2.24) is 13.3 Å². The Kier molecular flexibility index (Phi) is 8.13. The molecule has 0 aliphatic heterocycles. The van der Waals surface area contributed by atoms with Gasteiger partial charge in [-0.1, -0.05) is 41.4 Å². The summed E-state index contributed by atoms with van der Waals surface area (Å²) in [7, 11) is 0. The number of H-pyrrole nitrogens is 2. The SMILES string of the molecule is N#Cc1c(Nc2cc(Cl)c(-n3cccc3)c(Cl)c2)s[nH]c1=O.N#Cc1c(Nc2ccccc2)s[nH]c1=O. The third-order valence-corrected chi connectivity index (χ3v) is 6.96. The van der Waals surface area contributed by atoms with Crippen molar-refractivity contribution in [1.29, 1.82) is 10.5 Å². The predicted molar refractivity (Wildman–Crippen MR) is 148 cm³/mol. The number of nitriles is 2. The van der Waals surface area contributed by atoms with Crippen molar-refractivity contribution in [2.75, 3.05) is 10.6 Å². The molecule has 3 heterocycles. The van der Waals surface area contributed by atoms with Gasteiger partial charge in [0.2, 0.25) is 0 Å². The Morgan fingerprint density at radius 3 is 1.73 bits per heavy atom. The molecule has 0 radical (unpaired) electrons. The van der Waals surface area contributed by atoms with E-state index in [0.717, 1.165) is 28.8 Å². The van der Waals surface area contributed by atoms with E-state index >= 15 is 0 Å². The summed E-state index contributed by atoms with van der Waals surface area (Å²) in [5, 5.41) is 25.6. The van der Waals surface area contributed by atoms with Crippen LogP contribution in [0.15, 0.2) is 76.6 Å². The van der Waals surface area contributed by atoms with Crippen LogP contribution in [-0.4, -0.2) is 13.3 Å². The molecule has 0 unspecified atom stereocenters. The molecule has 184 valence electrons. The number of hydrogen-bond acceptors (Lipinski definition) is 8. The number of rotatable bonds is 5. The molecular formula is C24H15Cl2N7O2S2. The maximum Gasteiger partial charge on any atom is 0.278 e. The second-order valence-corrected chi connectivity index (χ2v) is 9.64. The van der Waals surface area contributed by atoms with Gasteiger partial charge in [-0.3, -0.25) is 18.3 Å². The normalized spacial score (nSPS) is 10.1. The van der Waals surface area contributed by atoms with Gasteiger partial charge in [0.05, 0.1) is 15.7 Å². The van der Waals surface area contributed by atoms with Crippen molar-refractivity contribution in [2.45, 2.75) is 0 Å². The van der Waals surface area contributed by atoms with Crippen LogP contribution < -0.4 is 21.8 Å². The molecule has 4 N–H and O–H groups in total. The summed E-state index contributed by atoms with van der Waals surface area (Å²) < 4.78 is 6.82. The molecule has 0 atom stereocenters. The summed E-state index contributed by atoms with van der Waals surface area (Å²) in [6.07, 6.45) is 3.68. The van der Waals surface area contributed by atoms with E-state index in [1.54, 1.807) is 12.1 Å². The molecule has 0 aliphatic carbocycles. The topological polar surface area (TPSA) is 142 Å². The Hall–Kier alpha value is -4.26. The second kappa shape index (κ2) is 11.6. The molecule has 0 fully saturated rings. The fraction of sp³-hybridized carbons (Fsp3) is 0. The highest BCUT2D eigenvalue weighted by atomic mass is 35.5. The molecule has 0 spiro atoms. The maximum atomic E-state index is 11.4. The summed E-state index contributed by atoms with van der Waals surface area (Å²) in [5.41, 5.74) is 1.51. The summed E-state index contributed by atoms with van der Waals surface area (Å²) >= 11 is 14.8. The number of aromatic nitrogens is 3. The predicted octanol–water partition coefficient (Wildman–Crippen LogP) is 6.20. The molecule has 3 aromatic heterocycles. The van der Waals surface area contributed by atoms with E-state index in [9.17, 15) is 9.59 Å². The average Bonchev–Trinajstić information content (AvgIpc) is 3.61. The number of para-hydroxylation sites is 1. The molecule has 13 heteroatoms. The first-order chi connectivity index (χ1) is 17.9. The number of hydrogen-bond donors (Lipinski definition) is 4. The van der Waals surface area contributed by atoms with Crippen molar-refractivity contribution in [3.8, 4) is 17.8 Å². The lowest BCUT2D eigenvalue weighted by Crippen LogP contribution is -2.03. The number of benzene rings is 2. The van der Waals surface area contributed by atoms with Gasteiger partial charge in [-0.05, 0) is 59.5 Å². The van der Waals surface area contributed by atoms with Crippen LogP contribution >= 0.6 is 46.3 Å². The lowest BCUT2D eigenvalue weighted by atomic mass is 10.2. The van der Waals surface area contributed by atoms with Crippen LogP contribution in [-0.2, 0) is 0 Å². The summed E-state index contributed by atoms with van der Waals surface area (Å²) in [6, 6.07) is 20.2. The van der Waals surface area contributed by atoms with Crippen molar-refractivity contribution in [2.24, 2.45) is 0 Å². The zero-order valence-electron chi connectivity index (χ0n) is 18.6. The minimum atomic E-state index is -0.420. The Labute approximate surface area is 228 Å². The van der Waals surface area contributed by atoms with Gasteiger partial charge in [-0.15, -0.1) is 0 Å². The van der Waals surface area contributed by atoms with E-state index in [1.807, 2.05) is 71.6 Å². The summed E-state index contributed by atoms with van der Waals surface area (Å²) in [5.74, 6) is 0. The standard InChI is InChI=1S/C14H8Cl2N4OS.C10H7N3OS/c15-10-5-8(18-14-9(7-17)13(21)19-22-14)6-11(16)12(10)20-3-1-2-4-20;11-6-8-9(14)13-15-10(8)12-7-4-2-1-3-5-7/h1-6,18H,(H,19,21);1-5,12H,(H,13,14). The van der Waals surface area contributed by atoms with Crippen LogP contribution in [0.3, 0.4) is 0 Å². The fourth-order valence-electron chi connectivity index (χ4n) is 3.14. The molecule has 37 heavy (non-hydrogen) atoms. The molecule has 0 aliphatic rings. The molecule has 0 saturated carbocycles. The highest BCUT2D eigenvalue weighted by molar-refractivity contribution is 7.10. The minimum Gasteiger partial charge on any atom is -0.345 e. The van der Waals surface area contributed by atoms with Crippen molar-refractivity contribution in [3.05, 3.63) is 109 Å². The van der Waals surface area contributed by atoms with E-state index < -0.39 is 5.56 Å². The van der Waals surface area contributed by atoms with Gasteiger partial charge in [-0.25, -0.2) is 0 Å². The van der Waals surface area contributed by atoms with Crippen LogP contribution in [0.1, 0.15) is 11.1 Å². The highest BCUT2D eigenvalue weighted by Crippen LogP contribution is 2.34. The Bertz CT molecular complexity index is 1700. The molecule has 9 nitrogen and oxygen atoms in total. The van der Waals surface area contributed by atoms with E-state index in [1.165, 1.54) is 0 Å². The van der Waals surface area contributed by atoms with Gasteiger partial charge >= 0.3 is 0 Å². The van der Waals surface area contributed by atoms with E-state index in [0.29, 0.717) is 31.4 Å². The summed E-state index contributed by atoms with van der Waals surface area (Å²) in [6.45, 7) is 0. The molecule has 5 aromatic rings. The Morgan fingerprint density at radius 1 is 0.757 bits per heavy atom. The zero-order valence-corrected chi connectivity index (χ0v) is 21.7. The number of halogens is 2. The van der Waals surface area contributed by atoms with Crippen LogP contribution in [0.5, 0.6) is 0 Å². The van der Waals surface area contributed by atoms with Crippen molar-refractivity contribution in [3.63, 3.8) is 0 Å². The number of aromatic amines is 2. The lowest BCUT2D eigenvalue weighted by Gasteiger charge is -2.11. The van der Waals surface area contributed by atoms with Crippen LogP contribution in [0.4, 0.5) is 21.4 Å². The lowest BCUT2D eigenvalue weighted by molar-refractivity contribution is 1.08. The van der Waals surface area contributed by atoms with Gasteiger partial charge in [0.25, 0.3) is 11.1 Å². The van der Waals surface area contributed by atoms with Gasteiger partial charge in [-0.2, -0.15) is 10.5 Å². The quantitative estimate of drug-likeness (QED) is 0.199. The monoisotopic (exact) mass is 567 g/mol. The Balaban J connectivity index is 0.000000186. The number of nitrogens with one attached hydrogen (secondary N) is 4. The van der Waals surface area contributed by atoms with Crippen molar-refractivity contribution >= 4 is 67.6 Å². The Morgan fingerprint density at radius 2 is 1.24 bits per heavy atom. The van der Waals surface area contributed by atoms with Gasteiger partial charge in [0.1, 0.15) is 22.1 Å². The zero-order chi connectivity index (χ0) is 26.4. The highest BCUT2D eigenvalue weighted by Gasteiger charge is 2.14. The molecule has 2 aromatic carbocycles. The van der Waals surface area contributed by atoms with E-state index in [-0.39, 0.29) is 16.7 Å². The third-order valence-electron chi connectivity index (χ3n) is 4.79. The summed E-state index contributed by atoms with van der Waals surface area (Å²) in [4.78, 5) is 22.6. The van der Waals surface area contributed by atoms with Crippen LogP contribution in [0, 0.1) is 22.7 Å². The first kappa shape index (κ1) is 25.8. The minimum absolute atomic E-state index is 0.0340. The number of anilines is 4. The largest absolute Gasteiger partial charge is 0.345 e. The fourth-order valence-corrected chi connectivity index (χ4v) is 5.23. The smallest absolute Gasteiger partial charge is 0.278 e.